The Morgan fingerprint density at radius 2 is 1.93 bits per heavy atom. The van der Waals surface area contributed by atoms with E-state index in [1.807, 2.05) is 0 Å². The number of alkyl halides is 2. The van der Waals surface area contributed by atoms with E-state index >= 15 is 0 Å². The summed E-state index contributed by atoms with van der Waals surface area (Å²) in [5.41, 5.74) is 5.92. The van der Waals surface area contributed by atoms with E-state index in [0.717, 1.165) is 0 Å². The van der Waals surface area contributed by atoms with Crippen molar-refractivity contribution in [3.05, 3.63) is 29.8 Å². The van der Waals surface area contributed by atoms with E-state index < -0.39 is 17.8 Å². The summed E-state index contributed by atoms with van der Waals surface area (Å²) < 4.78 is 31.4. The van der Waals surface area contributed by atoms with Gasteiger partial charge in [0.1, 0.15) is 5.75 Å². The average molecular weight is 213 g/mol. The second-order valence-electron chi connectivity index (χ2n) is 3.77. The van der Waals surface area contributed by atoms with Crippen molar-refractivity contribution in [3.8, 4) is 5.75 Å². The monoisotopic (exact) mass is 213 g/mol. The molecule has 4 heteroatoms. The van der Waals surface area contributed by atoms with Crippen LogP contribution in [0.3, 0.4) is 0 Å². The molecular formula is C11H13F2NO. The van der Waals surface area contributed by atoms with Crippen LogP contribution in [0.4, 0.5) is 8.78 Å². The smallest absolute Gasteiger partial charge is 0.260 e. The van der Waals surface area contributed by atoms with Crippen LogP contribution in [-0.2, 0) is 0 Å². The van der Waals surface area contributed by atoms with Crippen molar-refractivity contribution in [3.63, 3.8) is 0 Å². The number of methoxy groups -OCH3 is 1. The molecule has 0 radical (unpaired) electrons. The molecule has 0 aliphatic heterocycles. The molecule has 0 heterocycles. The van der Waals surface area contributed by atoms with E-state index in [0.29, 0.717) is 11.3 Å². The highest BCUT2D eigenvalue weighted by molar-refractivity contribution is 5.36. The third-order valence-corrected chi connectivity index (χ3v) is 2.93. The van der Waals surface area contributed by atoms with Crippen LogP contribution in [0.1, 0.15) is 11.5 Å². The Morgan fingerprint density at radius 1 is 1.33 bits per heavy atom. The van der Waals surface area contributed by atoms with Crippen molar-refractivity contribution >= 4 is 0 Å². The van der Waals surface area contributed by atoms with E-state index in [-0.39, 0.29) is 6.54 Å². The fraction of sp³-hybridized carbons (Fsp3) is 0.455. The summed E-state index contributed by atoms with van der Waals surface area (Å²) in [6, 6.07) is 6.73. The van der Waals surface area contributed by atoms with Crippen LogP contribution in [0.2, 0.25) is 0 Å². The van der Waals surface area contributed by atoms with Crippen LogP contribution in [0.5, 0.6) is 5.75 Å². The first-order valence-electron chi connectivity index (χ1n) is 4.83. The van der Waals surface area contributed by atoms with Gasteiger partial charge >= 0.3 is 0 Å². The number of benzene rings is 1. The van der Waals surface area contributed by atoms with E-state index in [1.54, 1.807) is 31.4 Å². The van der Waals surface area contributed by atoms with E-state index in [9.17, 15) is 8.78 Å². The first kappa shape index (κ1) is 10.4. The lowest BCUT2D eigenvalue weighted by atomic mass is 10.1. The van der Waals surface area contributed by atoms with Gasteiger partial charge in [-0.25, -0.2) is 8.78 Å². The molecule has 1 fully saturated rings. The van der Waals surface area contributed by atoms with Gasteiger partial charge in [0.2, 0.25) is 0 Å². The molecule has 2 rings (SSSR count). The molecule has 2 nitrogen and oxygen atoms in total. The summed E-state index contributed by atoms with van der Waals surface area (Å²) in [4.78, 5) is 0. The maximum Gasteiger partial charge on any atom is 0.260 e. The normalized spacial score (nSPS) is 27.5. The van der Waals surface area contributed by atoms with Gasteiger partial charge < -0.3 is 10.5 Å². The number of nitrogens with two attached hydrogens (primary N) is 1. The number of rotatable bonds is 3. The number of halogens is 2. The van der Waals surface area contributed by atoms with Gasteiger partial charge in [-0.15, -0.1) is 0 Å². The molecule has 2 atom stereocenters. The predicted octanol–water partition coefficient (Wildman–Crippen LogP) is 2.00. The highest BCUT2D eigenvalue weighted by atomic mass is 19.3. The zero-order valence-electron chi connectivity index (χ0n) is 8.41. The largest absolute Gasteiger partial charge is 0.497 e. The van der Waals surface area contributed by atoms with Gasteiger partial charge in [-0.1, -0.05) is 12.1 Å². The Labute approximate surface area is 87.0 Å². The third kappa shape index (κ3) is 1.59. The van der Waals surface area contributed by atoms with E-state index in [4.69, 9.17) is 10.5 Å². The van der Waals surface area contributed by atoms with Crippen molar-refractivity contribution in [2.45, 2.75) is 11.8 Å². The zero-order chi connectivity index (χ0) is 11.1. The van der Waals surface area contributed by atoms with Crippen molar-refractivity contribution in [1.29, 1.82) is 0 Å². The molecule has 0 aromatic heterocycles. The van der Waals surface area contributed by atoms with Gasteiger partial charge in [0.15, 0.2) is 0 Å². The maximum absolute atomic E-state index is 13.2. The molecule has 0 saturated heterocycles. The summed E-state index contributed by atoms with van der Waals surface area (Å²) in [6.07, 6.45) is 0. The molecule has 1 aromatic rings. The lowest BCUT2D eigenvalue weighted by Gasteiger charge is -2.01. The fourth-order valence-corrected chi connectivity index (χ4v) is 1.95. The van der Waals surface area contributed by atoms with Gasteiger partial charge in [-0.3, -0.25) is 0 Å². The molecule has 0 amide bonds. The van der Waals surface area contributed by atoms with Crippen molar-refractivity contribution in [2.75, 3.05) is 13.7 Å². The molecule has 0 bridgehead atoms. The molecule has 1 aliphatic carbocycles. The van der Waals surface area contributed by atoms with Crippen molar-refractivity contribution in [1.82, 2.24) is 0 Å². The Hall–Kier alpha value is -1.16. The van der Waals surface area contributed by atoms with Crippen molar-refractivity contribution < 1.29 is 13.5 Å². The van der Waals surface area contributed by atoms with E-state index in [1.165, 1.54) is 0 Å². The molecule has 1 saturated carbocycles. The predicted molar refractivity (Wildman–Crippen MR) is 53.2 cm³/mol. The van der Waals surface area contributed by atoms with Crippen LogP contribution >= 0.6 is 0 Å². The van der Waals surface area contributed by atoms with Crippen molar-refractivity contribution in [2.24, 2.45) is 11.7 Å². The second-order valence-corrected chi connectivity index (χ2v) is 3.77. The molecule has 82 valence electrons. The minimum Gasteiger partial charge on any atom is -0.497 e. The van der Waals surface area contributed by atoms with Crippen LogP contribution in [0.15, 0.2) is 24.3 Å². The second kappa shape index (κ2) is 3.45. The van der Waals surface area contributed by atoms with Crippen LogP contribution in [-0.4, -0.2) is 19.6 Å². The van der Waals surface area contributed by atoms with Gasteiger partial charge in [-0.2, -0.15) is 0 Å². The summed E-state index contributed by atoms with van der Waals surface area (Å²) in [5, 5.41) is 0. The van der Waals surface area contributed by atoms with Crippen LogP contribution in [0.25, 0.3) is 0 Å². The molecule has 0 unspecified atom stereocenters. The average Bonchev–Trinajstić information content (AvgIpc) is 2.80. The number of hydrogen-bond donors (Lipinski definition) is 1. The fourth-order valence-electron chi connectivity index (χ4n) is 1.95. The number of hydrogen-bond acceptors (Lipinski definition) is 2. The highest BCUT2D eigenvalue weighted by Gasteiger charge is 2.67. The standard InChI is InChI=1S/C11H13F2NO/c1-15-8-4-2-7(3-5-8)10-9(6-14)11(10,12)13/h2-5,9-10H,6,14H2,1H3/t9-,10-/m1/s1. The Morgan fingerprint density at radius 3 is 2.33 bits per heavy atom. The summed E-state index contributed by atoms with van der Waals surface area (Å²) in [6.45, 7) is 0.0314. The first-order valence-corrected chi connectivity index (χ1v) is 4.83. The topological polar surface area (TPSA) is 35.2 Å². The molecular weight excluding hydrogens is 200 g/mol. The third-order valence-electron chi connectivity index (χ3n) is 2.93. The van der Waals surface area contributed by atoms with Gasteiger partial charge in [-0.05, 0) is 17.7 Å². The lowest BCUT2D eigenvalue weighted by molar-refractivity contribution is 0.0947. The number of ether oxygens (including phenoxy) is 1. The SMILES string of the molecule is COc1ccc([C@@H]2[C@@H](CN)C2(F)F)cc1. The molecule has 1 aliphatic rings. The quantitative estimate of drug-likeness (QED) is 0.833. The Balaban J connectivity index is 2.18. The minimum atomic E-state index is -2.64. The maximum atomic E-state index is 13.2. The van der Waals surface area contributed by atoms with Gasteiger partial charge in [0, 0.05) is 12.5 Å². The molecule has 2 N–H and O–H groups in total. The summed E-state index contributed by atoms with van der Waals surface area (Å²) >= 11 is 0. The summed E-state index contributed by atoms with van der Waals surface area (Å²) in [5.74, 6) is -3.38. The molecule has 1 aromatic carbocycles. The van der Waals surface area contributed by atoms with Gasteiger partial charge in [0.25, 0.3) is 5.92 Å². The highest BCUT2D eigenvalue weighted by Crippen LogP contribution is 2.60. The van der Waals surface area contributed by atoms with Crippen LogP contribution < -0.4 is 10.5 Å². The lowest BCUT2D eigenvalue weighted by Crippen LogP contribution is -2.06. The Kier molecular flexibility index (Phi) is 2.38. The Bertz CT molecular complexity index is 350. The first-order chi connectivity index (χ1) is 7.11. The van der Waals surface area contributed by atoms with Gasteiger partial charge in [0.05, 0.1) is 13.0 Å². The molecule has 0 spiro atoms. The van der Waals surface area contributed by atoms with Crippen LogP contribution in [0, 0.1) is 5.92 Å². The van der Waals surface area contributed by atoms with E-state index in [2.05, 4.69) is 0 Å². The minimum absolute atomic E-state index is 0.0314. The zero-order valence-corrected chi connectivity index (χ0v) is 8.41. The molecule has 15 heavy (non-hydrogen) atoms. The summed E-state index contributed by atoms with van der Waals surface area (Å²) in [7, 11) is 1.55.